The number of thioether (sulfide) groups is 2. The van der Waals surface area contributed by atoms with Gasteiger partial charge in [0, 0.05) is 46.1 Å². The largest absolute Gasteiger partial charge is 0.494 e. The van der Waals surface area contributed by atoms with E-state index in [-0.39, 0.29) is 38.1 Å². The zero-order chi connectivity index (χ0) is 22.2. The Labute approximate surface area is 189 Å². The lowest BCUT2D eigenvalue weighted by atomic mass is 10.0. The molecule has 0 radical (unpaired) electrons. The third-order valence-electron chi connectivity index (χ3n) is 4.96. The van der Waals surface area contributed by atoms with E-state index >= 15 is 0 Å². The molecule has 168 valence electrons. The van der Waals surface area contributed by atoms with Crippen LogP contribution in [0.3, 0.4) is 0 Å². The number of aliphatic hydroxyl groups excluding tert-OH is 1. The molecule has 3 aromatic rings. The van der Waals surface area contributed by atoms with Gasteiger partial charge in [-0.1, -0.05) is 0 Å². The number of rotatable bonds is 11. The molecule has 9 heteroatoms. The van der Waals surface area contributed by atoms with Crippen LogP contribution in [0.25, 0.3) is 21.5 Å². The number of hydrogen-bond donors (Lipinski definition) is 3. The zero-order valence-corrected chi connectivity index (χ0v) is 19.5. The molecule has 0 spiro atoms. The van der Waals surface area contributed by atoms with Crippen LogP contribution in [0.2, 0.25) is 0 Å². The van der Waals surface area contributed by atoms with Crippen LogP contribution in [-0.4, -0.2) is 76.8 Å². The van der Waals surface area contributed by atoms with Crippen LogP contribution < -0.4 is 10.7 Å². The minimum atomic E-state index is -0.0703. The summed E-state index contributed by atoms with van der Waals surface area (Å²) in [5.74, 6) is 1.77. The van der Waals surface area contributed by atoms with Crippen molar-refractivity contribution in [2.45, 2.75) is 6.54 Å². The van der Waals surface area contributed by atoms with E-state index in [4.69, 9.17) is 19.8 Å². The molecule has 0 aliphatic heterocycles. The van der Waals surface area contributed by atoms with Gasteiger partial charge in [0.2, 0.25) is 11.8 Å². The van der Waals surface area contributed by atoms with Crippen molar-refractivity contribution in [2.75, 3.05) is 56.9 Å². The Morgan fingerprint density at radius 1 is 0.839 bits per heavy atom. The van der Waals surface area contributed by atoms with E-state index in [0.717, 1.165) is 33.0 Å². The molecular weight excluding hydrogens is 434 g/mol. The van der Waals surface area contributed by atoms with Crippen LogP contribution in [0.1, 0.15) is 0 Å². The quantitative estimate of drug-likeness (QED) is 0.377. The second-order valence-electron chi connectivity index (χ2n) is 6.90. The summed E-state index contributed by atoms with van der Waals surface area (Å²) in [4.78, 5) is 9.54. The fraction of sp³-hybridized carbons (Fsp3) is 0.455. The van der Waals surface area contributed by atoms with E-state index in [1.807, 2.05) is 24.3 Å². The Kier molecular flexibility index (Phi) is 8.89. The minimum absolute atomic E-state index is 0.0282. The van der Waals surface area contributed by atoms with Crippen LogP contribution in [0.15, 0.2) is 34.3 Å². The average molecular weight is 464 g/mol. The van der Waals surface area contributed by atoms with Crippen molar-refractivity contribution in [3.63, 3.8) is 0 Å². The Hall–Kier alpha value is -1.94. The molecule has 0 saturated carbocycles. The summed E-state index contributed by atoms with van der Waals surface area (Å²) in [5.41, 5.74) is 0. The number of hydrogen-bond acceptors (Lipinski definition) is 8. The lowest BCUT2D eigenvalue weighted by Gasteiger charge is -2.18. The van der Waals surface area contributed by atoms with Gasteiger partial charge in [-0.25, -0.2) is 0 Å². The van der Waals surface area contributed by atoms with Crippen LogP contribution in [0.5, 0.6) is 11.8 Å². The maximum absolute atomic E-state index is 11.0. The third kappa shape index (κ3) is 5.28. The molecule has 31 heavy (non-hydrogen) atoms. The molecule has 3 N–H and O–H groups in total. The molecule has 0 aliphatic carbocycles. The maximum Gasteiger partial charge on any atom is 0.201 e. The van der Waals surface area contributed by atoms with Crippen molar-refractivity contribution in [1.82, 2.24) is 4.57 Å². The van der Waals surface area contributed by atoms with Gasteiger partial charge in [0.1, 0.15) is 0 Å². The van der Waals surface area contributed by atoms with Gasteiger partial charge in [-0.3, -0.25) is 14.6 Å². The first kappa shape index (κ1) is 23.7. The topological polar surface area (TPSA) is 99.6 Å². The molecule has 1 heterocycles. The fourth-order valence-electron chi connectivity index (χ4n) is 3.54. The monoisotopic (exact) mass is 463 g/mol. The Bertz CT molecular complexity index is 1070. The zero-order valence-electron chi connectivity index (χ0n) is 17.9. The predicted octanol–water partition coefficient (Wildman–Crippen LogP) is 2.18. The van der Waals surface area contributed by atoms with Crippen LogP contribution in [-0.2, 0) is 11.3 Å². The summed E-state index contributed by atoms with van der Waals surface area (Å²) < 4.78 is 6.75. The molecule has 0 amide bonds. The summed E-state index contributed by atoms with van der Waals surface area (Å²) in [5, 5.41) is 35.3. The average Bonchev–Trinajstić information content (AvgIpc) is 2.78. The summed E-state index contributed by atoms with van der Waals surface area (Å²) in [7, 11) is 0. The van der Waals surface area contributed by atoms with Crippen molar-refractivity contribution in [2.24, 2.45) is 9.98 Å². The van der Waals surface area contributed by atoms with Crippen LogP contribution in [0, 0.1) is 0 Å². The maximum atomic E-state index is 11.0. The summed E-state index contributed by atoms with van der Waals surface area (Å²) in [6, 6.07) is 7.51. The molecule has 3 rings (SSSR count). The molecule has 0 saturated heterocycles. The number of ether oxygens (including phenoxy) is 1. The second kappa shape index (κ2) is 11.6. The van der Waals surface area contributed by atoms with E-state index in [0.29, 0.717) is 23.9 Å². The fourth-order valence-corrected chi connectivity index (χ4v) is 4.08. The van der Waals surface area contributed by atoms with Crippen molar-refractivity contribution in [1.29, 1.82) is 0 Å². The van der Waals surface area contributed by atoms with Gasteiger partial charge in [-0.15, -0.1) is 0 Å². The van der Waals surface area contributed by atoms with Gasteiger partial charge in [0.15, 0.2) is 0 Å². The first-order chi connectivity index (χ1) is 15.1. The summed E-state index contributed by atoms with van der Waals surface area (Å²) in [6.07, 6.45) is 4.10. The van der Waals surface area contributed by atoms with Gasteiger partial charge in [-0.05, 0) is 36.8 Å². The molecule has 0 aliphatic rings. The van der Waals surface area contributed by atoms with E-state index in [1.165, 1.54) is 4.57 Å². The standard InChI is InChI=1S/C22H29N3O4S2/c1-30-13-7-23-17-5-3-15-19-16(4-6-18(20(17)19)24-8-14-31-2)22(28)25(21(15)27)9-11-29-12-10-26/h3-6,26-28H,7-14H2,1-2H3. The Morgan fingerprint density at radius 3 is 1.87 bits per heavy atom. The highest BCUT2D eigenvalue weighted by atomic mass is 32.2. The highest BCUT2D eigenvalue weighted by Crippen LogP contribution is 2.36. The predicted molar refractivity (Wildman–Crippen MR) is 129 cm³/mol. The smallest absolute Gasteiger partial charge is 0.201 e. The molecule has 0 atom stereocenters. The number of nitrogens with zero attached hydrogens (tertiary/aromatic N) is 3. The molecule has 0 fully saturated rings. The lowest BCUT2D eigenvalue weighted by Crippen LogP contribution is -2.18. The third-order valence-corrected chi connectivity index (χ3v) is 6.14. The number of pyridine rings is 1. The van der Waals surface area contributed by atoms with Crippen LogP contribution in [0.4, 0.5) is 0 Å². The molecular formula is C22H29N3O4S2. The van der Waals surface area contributed by atoms with Crippen molar-refractivity contribution >= 4 is 45.1 Å². The molecule has 2 aromatic carbocycles. The molecule has 0 bridgehead atoms. The van der Waals surface area contributed by atoms with E-state index in [2.05, 4.69) is 12.5 Å². The van der Waals surface area contributed by atoms with Gasteiger partial charge in [-0.2, -0.15) is 23.5 Å². The first-order valence-corrected chi connectivity index (χ1v) is 12.9. The van der Waals surface area contributed by atoms with E-state index in [9.17, 15) is 10.2 Å². The SMILES string of the molecule is CSCCN=c1ccc2c(O)n(CCOCCO)c(O)c3ccc(=NCCSC)c1c23. The van der Waals surface area contributed by atoms with Crippen LogP contribution >= 0.6 is 23.5 Å². The number of aromatic hydroxyl groups is 2. The van der Waals surface area contributed by atoms with E-state index in [1.54, 1.807) is 23.5 Å². The number of aliphatic hydroxyl groups is 1. The van der Waals surface area contributed by atoms with Gasteiger partial charge in [0.05, 0.1) is 37.1 Å². The van der Waals surface area contributed by atoms with Gasteiger partial charge < -0.3 is 20.1 Å². The number of benzene rings is 2. The van der Waals surface area contributed by atoms with Gasteiger partial charge >= 0.3 is 0 Å². The lowest BCUT2D eigenvalue weighted by molar-refractivity contribution is 0.0848. The normalized spacial score (nSPS) is 13.1. The Balaban J connectivity index is 2.25. The van der Waals surface area contributed by atoms with Crippen molar-refractivity contribution in [3.05, 3.63) is 35.0 Å². The molecule has 1 aromatic heterocycles. The number of aromatic nitrogens is 1. The first-order valence-electron chi connectivity index (χ1n) is 10.1. The van der Waals surface area contributed by atoms with Crippen molar-refractivity contribution in [3.8, 4) is 11.8 Å². The highest BCUT2D eigenvalue weighted by molar-refractivity contribution is 7.98. The molecule has 0 unspecified atom stereocenters. The van der Waals surface area contributed by atoms with E-state index < -0.39 is 0 Å². The summed E-state index contributed by atoms with van der Waals surface area (Å²) >= 11 is 3.48. The highest BCUT2D eigenvalue weighted by Gasteiger charge is 2.18. The molecule has 7 nitrogen and oxygen atoms in total. The minimum Gasteiger partial charge on any atom is -0.494 e. The second-order valence-corrected chi connectivity index (χ2v) is 8.87. The Morgan fingerprint density at radius 2 is 1.39 bits per heavy atom. The van der Waals surface area contributed by atoms with Crippen molar-refractivity contribution < 1.29 is 20.1 Å². The van der Waals surface area contributed by atoms with Gasteiger partial charge in [0.25, 0.3) is 0 Å². The summed E-state index contributed by atoms with van der Waals surface area (Å²) in [6.45, 7) is 2.03.